The molecular weight excluding hydrogens is 216 g/mol. The number of carbonyl (C=O) groups excluding carboxylic acids is 1. The minimum Gasteiger partial charge on any atom is -0.468 e. The van der Waals surface area contributed by atoms with Gasteiger partial charge in [-0.15, -0.1) is 0 Å². The number of ether oxygens (including phenoxy) is 1. The lowest BCUT2D eigenvalue weighted by atomic mass is 10.3. The third-order valence-electron chi connectivity index (χ3n) is 2.54. The Morgan fingerprint density at radius 1 is 1.35 bits per heavy atom. The van der Waals surface area contributed by atoms with E-state index in [1.165, 1.54) is 12.8 Å². The van der Waals surface area contributed by atoms with Crippen LogP contribution in [0.5, 0.6) is 0 Å². The third-order valence-corrected chi connectivity index (χ3v) is 2.54. The van der Waals surface area contributed by atoms with Crippen LogP contribution < -0.4 is 10.2 Å². The minimum absolute atomic E-state index is 0.221. The second-order valence-electron chi connectivity index (χ2n) is 3.86. The summed E-state index contributed by atoms with van der Waals surface area (Å²) in [6.07, 6.45) is 0.988. The number of methoxy groups -OCH3 is 1. The number of nitrogens with one attached hydrogen (secondary N) is 1. The van der Waals surface area contributed by atoms with Gasteiger partial charge in [0.1, 0.15) is 0 Å². The molecule has 0 atom stereocenters. The molecule has 1 aromatic rings. The molecule has 4 nitrogen and oxygen atoms in total. The van der Waals surface area contributed by atoms with Crippen molar-refractivity contribution < 1.29 is 9.53 Å². The second-order valence-corrected chi connectivity index (χ2v) is 3.86. The zero-order chi connectivity index (χ0) is 12.5. The van der Waals surface area contributed by atoms with Crippen LogP contribution in [0.1, 0.15) is 6.42 Å². The summed E-state index contributed by atoms with van der Waals surface area (Å²) in [6.45, 7) is 2.05. The number of benzene rings is 1. The largest absolute Gasteiger partial charge is 0.468 e. The highest BCUT2D eigenvalue weighted by atomic mass is 16.5. The van der Waals surface area contributed by atoms with Gasteiger partial charge in [0.25, 0.3) is 0 Å². The lowest BCUT2D eigenvalue weighted by Crippen LogP contribution is -2.28. The van der Waals surface area contributed by atoms with Crippen LogP contribution in [-0.2, 0) is 9.53 Å². The van der Waals surface area contributed by atoms with Gasteiger partial charge in [-0.3, -0.25) is 4.79 Å². The fourth-order valence-corrected chi connectivity index (χ4v) is 1.52. The number of anilines is 1. The number of carbonyl (C=O) groups is 1. The summed E-state index contributed by atoms with van der Waals surface area (Å²) in [6, 6.07) is 10.2. The number of hydrogen-bond acceptors (Lipinski definition) is 4. The maximum Gasteiger partial charge on any atom is 0.319 e. The Morgan fingerprint density at radius 2 is 2.06 bits per heavy atom. The van der Waals surface area contributed by atoms with E-state index in [4.69, 9.17) is 0 Å². The van der Waals surface area contributed by atoms with Crippen molar-refractivity contribution in [1.29, 1.82) is 0 Å². The Kier molecular flexibility index (Phi) is 6.10. The molecule has 0 aromatic heterocycles. The number of esters is 1. The van der Waals surface area contributed by atoms with Crippen LogP contribution >= 0.6 is 0 Å². The zero-order valence-corrected chi connectivity index (χ0v) is 10.5. The van der Waals surface area contributed by atoms with Crippen LogP contribution in [0.15, 0.2) is 30.3 Å². The molecule has 1 aromatic carbocycles. The Hall–Kier alpha value is -1.55. The molecule has 0 fully saturated rings. The van der Waals surface area contributed by atoms with Crippen LogP contribution in [0.3, 0.4) is 0 Å². The van der Waals surface area contributed by atoms with Crippen molar-refractivity contribution in [2.75, 3.05) is 38.7 Å². The van der Waals surface area contributed by atoms with Gasteiger partial charge in [-0.05, 0) is 25.1 Å². The predicted molar refractivity (Wildman–Crippen MR) is 69.2 cm³/mol. The maximum atomic E-state index is 10.8. The molecule has 0 radical (unpaired) electrons. The van der Waals surface area contributed by atoms with Gasteiger partial charge in [-0.25, -0.2) is 0 Å². The SMILES string of the molecule is COC(=O)CNCCCN(C)c1ccccc1. The van der Waals surface area contributed by atoms with Crippen molar-refractivity contribution in [1.82, 2.24) is 5.32 Å². The summed E-state index contributed by atoms with van der Waals surface area (Å²) in [5, 5.41) is 3.04. The lowest BCUT2D eigenvalue weighted by molar-refractivity contribution is -0.139. The molecule has 0 bridgehead atoms. The van der Waals surface area contributed by atoms with Gasteiger partial charge in [-0.1, -0.05) is 18.2 Å². The third kappa shape index (κ3) is 5.36. The minimum atomic E-state index is -0.221. The van der Waals surface area contributed by atoms with Crippen molar-refractivity contribution in [3.63, 3.8) is 0 Å². The molecule has 0 heterocycles. The van der Waals surface area contributed by atoms with Crippen molar-refractivity contribution in [3.8, 4) is 0 Å². The Balaban J connectivity index is 2.13. The van der Waals surface area contributed by atoms with Gasteiger partial charge in [-0.2, -0.15) is 0 Å². The van der Waals surface area contributed by atoms with Crippen LogP contribution in [0.2, 0.25) is 0 Å². The Bertz CT molecular complexity index is 327. The van der Waals surface area contributed by atoms with Gasteiger partial charge in [0.05, 0.1) is 13.7 Å². The molecule has 0 aliphatic heterocycles. The van der Waals surface area contributed by atoms with Gasteiger partial charge in [0.15, 0.2) is 0 Å². The maximum absolute atomic E-state index is 10.8. The molecular formula is C13H20N2O2. The normalized spacial score (nSPS) is 10.0. The first-order valence-electron chi connectivity index (χ1n) is 5.77. The Labute approximate surface area is 103 Å². The molecule has 0 saturated heterocycles. The molecule has 94 valence electrons. The number of nitrogens with zero attached hydrogens (tertiary/aromatic N) is 1. The molecule has 1 N–H and O–H groups in total. The molecule has 0 spiro atoms. The van der Waals surface area contributed by atoms with Crippen molar-refractivity contribution in [2.24, 2.45) is 0 Å². The molecule has 0 unspecified atom stereocenters. The molecule has 0 aliphatic carbocycles. The van der Waals surface area contributed by atoms with E-state index in [0.717, 1.165) is 19.5 Å². The smallest absolute Gasteiger partial charge is 0.319 e. The summed E-state index contributed by atoms with van der Waals surface area (Å²) in [4.78, 5) is 13.0. The zero-order valence-electron chi connectivity index (χ0n) is 10.5. The van der Waals surface area contributed by atoms with Crippen molar-refractivity contribution in [3.05, 3.63) is 30.3 Å². The molecule has 17 heavy (non-hydrogen) atoms. The predicted octanol–water partition coefficient (Wildman–Crippen LogP) is 1.28. The van der Waals surface area contributed by atoms with E-state index in [9.17, 15) is 4.79 Å². The molecule has 1 rings (SSSR count). The number of para-hydroxylation sites is 1. The quantitative estimate of drug-likeness (QED) is 0.572. The summed E-state index contributed by atoms with van der Waals surface area (Å²) < 4.78 is 4.54. The highest BCUT2D eigenvalue weighted by Gasteiger charge is 2.00. The van der Waals surface area contributed by atoms with E-state index >= 15 is 0 Å². The van der Waals surface area contributed by atoms with E-state index in [-0.39, 0.29) is 12.5 Å². The van der Waals surface area contributed by atoms with E-state index in [1.54, 1.807) is 0 Å². The highest BCUT2D eigenvalue weighted by Crippen LogP contribution is 2.10. The van der Waals surface area contributed by atoms with E-state index in [1.807, 2.05) is 18.2 Å². The molecule has 0 saturated carbocycles. The van der Waals surface area contributed by atoms with Crippen LogP contribution in [0.25, 0.3) is 0 Å². The first-order valence-corrected chi connectivity index (χ1v) is 5.77. The fourth-order valence-electron chi connectivity index (χ4n) is 1.52. The van der Waals surface area contributed by atoms with Crippen molar-refractivity contribution in [2.45, 2.75) is 6.42 Å². The lowest BCUT2D eigenvalue weighted by Gasteiger charge is -2.19. The summed E-state index contributed by atoms with van der Waals surface area (Å²) in [5.41, 5.74) is 1.21. The second kappa shape index (κ2) is 7.68. The topological polar surface area (TPSA) is 41.6 Å². The molecule has 0 amide bonds. The first-order chi connectivity index (χ1) is 8.24. The van der Waals surface area contributed by atoms with Crippen LogP contribution in [0.4, 0.5) is 5.69 Å². The average molecular weight is 236 g/mol. The Morgan fingerprint density at radius 3 is 2.71 bits per heavy atom. The fraction of sp³-hybridized carbons (Fsp3) is 0.462. The number of hydrogen-bond donors (Lipinski definition) is 1. The van der Waals surface area contributed by atoms with Gasteiger partial charge < -0.3 is 15.0 Å². The average Bonchev–Trinajstić information content (AvgIpc) is 2.38. The molecule has 4 heteroatoms. The van der Waals surface area contributed by atoms with Crippen molar-refractivity contribution >= 4 is 11.7 Å². The number of rotatable bonds is 7. The summed E-state index contributed by atoms with van der Waals surface area (Å²) in [7, 11) is 3.46. The van der Waals surface area contributed by atoms with Gasteiger partial charge in [0.2, 0.25) is 0 Å². The molecule has 0 aliphatic rings. The van der Waals surface area contributed by atoms with Crippen LogP contribution in [0, 0.1) is 0 Å². The van der Waals surface area contributed by atoms with Gasteiger partial charge in [0, 0.05) is 19.3 Å². The summed E-state index contributed by atoms with van der Waals surface area (Å²) >= 11 is 0. The van der Waals surface area contributed by atoms with E-state index in [0.29, 0.717) is 0 Å². The first kappa shape index (κ1) is 13.5. The highest BCUT2D eigenvalue weighted by molar-refractivity contribution is 5.71. The van der Waals surface area contributed by atoms with E-state index in [2.05, 4.69) is 34.1 Å². The van der Waals surface area contributed by atoms with Crippen LogP contribution in [-0.4, -0.2) is 39.8 Å². The summed E-state index contributed by atoms with van der Waals surface area (Å²) in [5.74, 6) is -0.221. The van der Waals surface area contributed by atoms with E-state index < -0.39 is 0 Å². The standard InChI is InChI=1S/C13H20N2O2/c1-15(12-7-4-3-5-8-12)10-6-9-14-11-13(16)17-2/h3-5,7-8,14H,6,9-11H2,1-2H3. The monoisotopic (exact) mass is 236 g/mol. The van der Waals surface area contributed by atoms with Gasteiger partial charge >= 0.3 is 5.97 Å².